The molecule has 0 fully saturated rings. The third kappa shape index (κ3) is 8.59. The first-order valence-electron chi connectivity index (χ1n) is 2.77. The monoisotopic (exact) mass is 210 g/mol. The van der Waals surface area contributed by atoms with Gasteiger partial charge in [-0.3, -0.25) is 0 Å². The Morgan fingerprint density at radius 3 is 2.00 bits per heavy atom. The van der Waals surface area contributed by atoms with E-state index in [-0.39, 0.29) is 12.8 Å². The Balaban J connectivity index is 3.21. The van der Waals surface area contributed by atoms with Crippen LogP contribution in [0.15, 0.2) is 0 Å². The van der Waals surface area contributed by atoms with Crippen LogP contribution in [0.4, 0.5) is 12.3 Å². The summed E-state index contributed by atoms with van der Waals surface area (Å²) in [7, 11) is -5.34. The maximum Gasteiger partial charge on any atom is 0.616 e. The van der Waals surface area contributed by atoms with Crippen LogP contribution in [0, 0.1) is 0 Å². The fourth-order valence-corrected chi connectivity index (χ4v) is 1.37. The van der Waals surface area contributed by atoms with Crippen molar-refractivity contribution in [3.8, 4) is 0 Å². The van der Waals surface area contributed by atoms with E-state index in [1.54, 1.807) is 0 Å². The molecular weight excluding hydrogens is 204 g/mol. The van der Waals surface area contributed by atoms with E-state index < -0.39 is 20.0 Å². The summed E-state index contributed by atoms with van der Waals surface area (Å²) in [5.74, 6) is 0. The van der Waals surface area contributed by atoms with Crippen LogP contribution in [-0.4, -0.2) is 13.9 Å². The molecule has 0 aromatic carbocycles. The first-order valence-corrected chi connectivity index (χ1v) is 5.48. The molecule has 0 N–H and O–H groups in total. The van der Waals surface area contributed by atoms with Crippen LogP contribution in [0.5, 0.6) is 0 Å². The maximum absolute atomic E-state index is 11.6. The van der Waals surface area contributed by atoms with Gasteiger partial charge in [0, 0.05) is 6.04 Å². The van der Waals surface area contributed by atoms with Gasteiger partial charge in [-0.25, -0.2) is 12.3 Å². The van der Waals surface area contributed by atoms with E-state index >= 15 is 0 Å². The summed E-state index contributed by atoms with van der Waals surface area (Å²) in [4.78, 5) is -0.656. The van der Waals surface area contributed by atoms with Crippen LogP contribution in [0.3, 0.4) is 0 Å². The molecule has 0 saturated carbocycles. The van der Waals surface area contributed by atoms with Crippen LogP contribution < -0.4 is 0 Å². The summed E-state index contributed by atoms with van der Waals surface area (Å²) in [5, 5.41) is 0. The first kappa shape index (κ1) is 10.6. The van der Waals surface area contributed by atoms with Crippen LogP contribution in [-0.2, 0) is 0 Å². The van der Waals surface area contributed by atoms with Crippen LogP contribution in [0.25, 0.3) is 0 Å². The summed E-state index contributed by atoms with van der Waals surface area (Å²) in [6.07, 6.45) is 0.295. The summed E-state index contributed by atoms with van der Waals surface area (Å²) in [6, 6.07) is -0.664. The van der Waals surface area contributed by atoms with Gasteiger partial charge in [-0.2, -0.15) is 0 Å². The number of hydrogen-bond acceptors (Lipinski definition) is 0. The predicted molar refractivity (Wildman–Crippen MR) is 38.6 cm³/mol. The van der Waals surface area contributed by atoms with Gasteiger partial charge in [0.05, 0.1) is 0 Å². The molecule has 0 nitrogen and oxygen atoms in total. The highest BCUT2D eigenvalue weighted by atomic mass is 35.5. The normalized spacial score (nSPS) is 12.6. The SMILES string of the molecule is F[Si](F)(F)CCCC(Cl)Cl. The van der Waals surface area contributed by atoms with E-state index in [1.807, 2.05) is 0 Å². The zero-order valence-electron chi connectivity index (χ0n) is 5.09. The van der Waals surface area contributed by atoms with Gasteiger partial charge in [-0.05, 0) is 12.8 Å². The molecule has 62 valence electrons. The van der Waals surface area contributed by atoms with Crippen molar-refractivity contribution >= 4 is 32.3 Å². The van der Waals surface area contributed by atoms with Gasteiger partial charge in [0.25, 0.3) is 0 Å². The van der Waals surface area contributed by atoms with Crippen molar-refractivity contribution in [2.75, 3.05) is 0 Å². The second-order valence-electron chi connectivity index (χ2n) is 1.90. The van der Waals surface area contributed by atoms with E-state index in [0.29, 0.717) is 0 Å². The topological polar surface area (TPSA) is 0 Å². The molecule has 0 atom stereocenters. The summed E-state index contributed by atoms with van der Waals surface area (Å²) in [6.45, 7) is 0. The van der Waals surface area contributed by atoms with Gasteiger partial charge in [0.2, 0.25) is 0 Å². The Kier molecular flexibility index (Phi) is 4.72. The molecule has 0 unspecified atom stereocenters. The summed E-state index contributed by atoms with van der Waals surface area (Å²) in [5.41, 5.74) is 0. The Labute approximate surface area is 68.8 Å². The largest absolute Gasteiger partial charge is 0.616 e. The molecule has 0 saturated heterocycles. The molecule has 6 heteroatoms. The predicted octanol–water partition coefficient (Wildman–Crippen LogP) is 3.42. The van der Waals surface area contributed by atoms with Gasteiger partial charge in [-0.1, -0.05) is 0 Å². The second kappa shape index (κ2) is 4.46. The zero-order chi connectivity index (χ0) is 8.20. The number of hydrogen-bond donors (Lipinski definition) is 0. The van der Waals surface area contributed by atoms with Crippen molar-refractivity contribution < 1.29 is 12.3 Å². The molecule has 10 heavy (non-hydrogen) atoms. The van der Waals surface area contributed by atoms with Crippen molar-refractivity contribution in [2.24, 2.45) is 0 Å². The molecule has 0 aliphatic carbocycles. The van der Waals surface area contributed by atoms with Gasteiger partial charge >= 0.3 is 9.08 Å². The van der Waals surface area contributed by atoms with Crippen molar-refractivity contribution in [2.45, 2.75) is 23.7 Å². The lowest BCUT2D eigenvalue weighted by Crippen LogP contribution is -2.13. The number of alkyl halides is 2. The fourth-order valence-electron chi connectivity index (χ4n) is 0.457. The Bertz CT molecular complexity index is 93.0. The third-order valence-electron chi connectivity index (χ3n) is 0.883. The van der Waals surface area contributed by atoms with Crippen LogP contribution in [0.2, 0.25) is 6.04 Å². The first-order chi connectivity index (χ1) is 4.42. The average molecular weight is 211 g/mol. The highest BCUT2D eigenvalue weighted by Crippen LogP contribution is 2.20. The van der Waals surface area contributed by atoms with E-state index in [2.05, 4.69) is 0 Å². The smallest absolute Gasteiger partial charge is 0.238 e. The van der Waals surface area contributed by atoms with E-state index in [0.717, 1.165) is 0 Å². The average Bonchev–Trinajstić information content (AvgIpc) is 1.59. The molecule has 0 amide bonds. The van der Waals surface area contributed by atoms with Crippen molar-refractivity contribution in [1.82, 2.24) is 0 Å². The lowest BCUT2D eigenvalue weighted by molar-refractivity contribution is 0.462. The second-order valence-corrected chi connectivity index (χ2v) is 4.91. The molecule has 0 aliphatic rings. The molecule has 0 aromatic rings. The van der Waals surface area contributed by atoms with Crippen LogP contribution >= 0.6 is 23.2 Å². The van der Waals surface area contributed by atoms with Gasteiger partial charge < -0.3 is 0 Å². The molecule has 0 rings (SSSR count). The molecule has 0 spiro atoms. The van der Waals surface area contributed by atoms with Crippen molar-refractivity contribution in [1.29, 1.82) is 0 Å². The summed E-state index contributed by atoms with van der Waals surface area (Å²) < 4.78 is 34.7. The number of halogens is 5. The Morgan fingerprint density at radius 1 is 1.20 bits per heavy atom. The lowest BCUT2D eigenvalue weighted by atomic mass is 10.4. The zero-order valence-corrected chi connectivity index (χ0v) is 7.60. The van der Waals surface area contributed by atoms with Crippen molar-refractivity contribution in [3.63, 3.8) is 0 Å². The van der Waals surface area contributed by atoms with Gasteiger partial charge in [0.15, 0.2) is 0 Å². The summed E-state index contributed by atoms with van der Waals surface area (Å²) >= 11 is 10.4. The molecule has 0 radical (unpaired) electrons. The van der Waals surface area contributed by atoms with Crippen molar-refractivity contribution in [3.05, 3.63) is 0 Å². The van der Waals surface area contributed by atoms with Gasteiger partial charge in [-0.15, -0.1) is 23.2 Å². The van der Waals surface area contributed by atoms with E-state index in [9.17, 15) is 12.3 Å². The van der Waals surface area contributed by atoms with Crippen LogP contribution in [0.1, 0.15) is 12.8 Å². The Hall–Kier alpha value is 0.587. The maximum atomic E-state index is 11.6. The lowest BCUT2D eigenvalue weighted by Gasteiger charge is -2.01. The van der Waals surface area contributed by atoms with Gasteiger partial charge in [0.1, 0.15) is 4.84 Å². The standard InChI is InChI=1S/C4H7Cl2F3Si/c5-4(6)2-1-3-10(7,8)9/h4H,1-3H2. The highest BCUT2D eigenvalue weighted by Gasteiger charge is 2.35. The highest BCUT2D eigenvalue weighted by molar-refractivity contribution is 6.58. The molecule has 0 bridgehead atoms. The minimum Gasteiger partial charge on any atom is -0.238 e. The molecule has 0 aromatic heterocycles. The van der Waals surface area contributed by atoms with E-state index in [4.69, 9.17) is 23.2 Å². The Morgan fingerprint density at radius 2 is 1.70 bits per heavy atom. The molecule has 0 heterocycles. The minimum atomic E-state index is -5.34. The molecule has 0 aliphatic heterocycles. The minimum absolute atomic E-state index is 0.0629. The molecular formula is C4H7Cl2F3Si. The fraction of sp³-hybridized carbons (Fsp3) is 1.00. The third-order valence-corrected chi connectivity index (χ3v) is 2.24. The quantitative estimate of drug-likeness (QED) is 0.379. The number of rotatable bonds is 4. The van der Waals surface area contributed by atoms with E-state index in [1.165, 1.54) is 0 Å².